The van der Waals surface area contributed by atoms with Crippen molar-refractivity contribution in [3.8, 4) is 0 Å². The fourth-order valence-electron chi connectivity index (χ4n) is 2.41. The Morgan fingerprint density at radius 3 is 2.86 bits per heavy atom. The van der Waals surface area contributed by atoms with Crippen molar-refractivity contribution in [2.45, 2.75) is 30.1 Å². The van der Waals surface area contributed by atoms with Crippen LogP contribution in [0.2, 0.25) is 0 Å². The van der Waals surface area contributed by atoms with E-state index in [2.05, 4.69) is 6.07 Å². The zero-order valence-electron chi connectivity index (χ0n) is 8.00. The molecule has 2 heteroatoms. The first-order chi connectivity index (χ1) is 6.86. The lowest BCUT2D eigenvalue weighted by atomic mass is 9.91. The van der Waals surface area contributed by atoms with Crippen LogP contribution in [-0.2, 0) is 0 Å². The molecular formula is C12H13FS. The average Bonchev–Trinajstić information content (AvgIpc) is 3.01. The van der Waals surface area contributed by atoms with Gasteiger partial charge in [-0.3, -0.25) is 0 Å². The standard InChI is InChI=1S/C12H13FS/c13-10-2-1-3-11-12(10)9(6-7-14-11)8-4-5-8/h1-3,8-9H,4-7H2. The maximum Gasteiger partial charge on any atom is 0.127 e. The minimum Gasteiger partial charge on any atom is -0.207 e. The number of hydrogen-bond donors (Lipinski definition) is 0. The van der Waals surface area contributed by atoms with Gasteiger partial charge in [-0.25, -0.2) is 4.39 Å². The molecule has 1 fully saturated rings. The normalized spacial score (nSPS) is 25.9. The predicted molar refractivity (Wildman–Crippen MR) is 57.2 cm³/mol. The maximum absolute atomic E-state index is 13.7. The third kappa shape index (κ3) is 1.36. The van der Waals surface area contributed by atoms with E-state index in [1.54, 1.807) is 6.07 Å². The van der Waals surface area contributed by atoms with E-state index in [4.69, 9.17) is 0 Å². The molecule has 1 unspecified atom stereocenters. The summed E-state index contributed by atoms with van der Waals surface area (Å²) >= 11 is 1.81. The van der Waals surface area contributed by atoms with Crippen molar-refractivity contribution in [3.05, 3.63) is 29.6 Å². The van der Waals surface area contributed by atoms with Crippen LogP contribution in [0.5, 0.6) is 0 Å². The zero-order valence-corrected chi connectivity index (χ0v) is 8.82. The van der Waals surface area contributed by atoms with Crippen LogP contribution < -0.4 is 0 Å². The number of rotatable bonds is 1. The van der Waals surface area contributed by atoms with Crippen molar-refractivity contribution in [1.29, 1.82) is 0 Å². The summed E-state index contributed by atoms with van der Waals surface area (Å²) in [6, 6.07) is 5.51. The van der Waals surface area contributed by atoms with E-state index in [1.165, 1.54) is 24.2 Å². The Morgan fingerprint density at radius 2 is 2.07 bits per heavy atom. The van der Waals surface area contributed by atoms with Crippen LogP contribution >= 0.6 is 11.8 Å². The summed E-state index contributed by atoms with van der Waals surface area (Å²) in [5.41, 5.74) is 1.02. The lowest BCUT2D eigenvalue weighted by molar-refractivity contribution is 0.518. The molecule has 1 aromatic carbocycles. The third-order valence-corrected chi connectivity index (χ3v) is 4.37. The minimum absolute atomic E-state index is 0.0200. The van der Waals surface area contributed by atoms with Crippen LogP contribution in [0.3, 0.4) is 0 Å². The van der Waals surface area contributed by atoms with Crippen molar-refractivity contribution in [1.82, 2.24) is 0 Å². The molecule has 1 aromatic rings. The van der Waals surface area contributed by atoms with Crippen molar-refractivity contribution in [3.63, 3.8) is 0 Å². The monoisotopic (exact) mass is 208 g/mol. The zero-order chi connectivity index (χ0) is 9.54. The molecule has 2 aliphatic rings. The van der Waals surface area contributed by atoms with Gasteiger partial charge in [-0.2, -0.15) is 0 Å². The van der Waals surface area contributed by atoms with Crippen molar-refractivity contribution < 1.29 is 4.39 Å². The molecule has 0 amide bonds. The molecule has 0 nitrogen and oxygen atoms in total. The number of hydrogen-bond acceptors (Lipinski definition) is 1. The molecule has 14 heavy (non-hydrogen) atoms. The molecule has 74 valence electrons. The second-order valence-corrected chi connectivity index (χ2v) is 5.37. The fraction of sp³-hybridized carbons (Fsp3) is 0.500. The summed E-state index contributed by atoms with van der Waals surface area (Å²) in [4.78, 5) is 1.19. The molecule has 0 saturated heterocycles. The molecule has 1 heterocycles. The Kier molecular flexibility index (Phi) is 2.05. The molecule has 0 aromatic heterocycles. The Balaban J connectivity index is 2.07. The molecule has 1 aliphatic carbocycles. The predicted octanol–water partition coefficient (Wildman–Crippen LogP) is 3.82. The largest absolute Gasteiger partial charge is 0.207 e. The van der Waals surface area contributed by atoms with E-state index in [-0.39, 0.29) is 5.82 Å². The van der Waals surface area contributed by atoms with Crippen molar-refractivity contribution in [2.24, 2.45) is 5.92 Å². The van der Waals surface area contributed by atoms with Gasteiger partial charge in [0.2, 0.25) is 0 Å². The summed E-state index contributed by atoms with van der Waals surface area (Å²) < 4.78 is 13.7. The SMILES string of the molecule is Fc1cccc2c1C(C1CC1)CCS2. The number of benzene rings is 1. The molecule has 0 radical (unpaired) electrons. The highest BCUT2D eigenvalue weighted by atomic mass is 32.2. The van der Waals surface area contributed by atoms with E-state index >= 15 is 0 Å². The van der Waals surface area contributed by atoms with E-state index < -0.39 is 0 Å². The number of thioether (sulfide) groups is 1. The minimum atomic E-state index is 0.0200. The smallest absolute Gasteiger partial charge is 0.127 e. The van der Waals surface area contributed by atoms with Crippen LogP contribution in [0.15, 0.2) is 23.1 Å². The number of halogens is 1. The van der Waals surface area contributed by atoms with E-state index in [0.29, 0.717) is 5.92 Å². The summed E-state index contributed by atoms with van der Waals surface area (Å²) in [7, 11) is 0. The Hall–Kier alpha value is -0.500. The van der Waals surface area contributed by atoms with Gasteiger partial charge < -0.3 is 0 Å². The highest BCUT2D eigenvalue weighted by Gasteiger charge is 2.36. The first kappa shape index (κ1) is 8.78. The second-order valence-electron chi connectivity index (χ2n) is 4.23. The van der Waals surface area contributed by atoms with Crippen LogP contribution in [0.4, 0.5) is 4.39 Å². The summed E-state index contributed by atoms with van der Waals surface area (Å²) in [5.74, 6) is 2.49. The topological polar surface area (TPSA) is 0 Å². The van der Waals surface area contributed by atoms with Gasteiger partial charge in [-0.05, 0) is 49.0 Å². The summed E-state index contributed by atoms with van der Waals surface area (Å²) in [5, 5.41) is 0. The van der Waals surface area contributed by atoms with Gasteiger partial charge in [-0.15, -0.1) is 11.8 Å². The highest BCUT2D eigenvalue weighted by molar-refractivity contribution is 7.99. The molecule has 3 rings (SSSR count). The van der Waals surface area contributed by atoms with E-state index in [0.717, 1.165) is 17.2 Å². The van der Waals surface area contributed by atoms with E-state index in [1.807, 2.05) is 17.8 Å². The molecule has 0 N–H and O–H groups in total. The van der Waals surface area contributed by atoms with Crippen molar-refractivity contribution >= 4 is 11.8 Å². The molecule has 1 atom stereocenters. The van der Waals surface area contributed by atoms with Crippen LogP contribution in [0, 0.1) is 11.7 Å². The molecule has 1 aliphatic heterocycles. The maximum atomic E-state index is 13.7. The number of fused-ring (bicyclic) bond motifs is 1. The molecule has 0 spiro atoms. The second kappa shape index (κ2) is 3.27. The van der Waals surface area contributed by atoms with Gasteiger partial charge in [0, 0.05) is 10.5 Å². The quantitative estimate of drug-likeness (QED) is 0.676. The van der Waals surface area contributed by atoms with Gasteiger partial charge in [-0.1, -0.05) is 6.07 Å². The summed E-state index contributed by atoms with van der Waals surface area (Å²) in [6.45, 7) is 0. The average molecular weight is 208 g/mol. The fourth-order valence-corrected chi connectivity index (χ4v) is 3.58. The van der Waals surface area contributed by atoms with Gasteiger partial charge in [0.1, 0.15) is 5.82 Å². The molecular weight excluding hydrogens is 195 g/mol. The first-order valence-electron chi connectivity index (χ1n) is 5.27. The third-order valence-electron chi connectivity index (χ3n) is 3.26. The first-order valence-corrected chi connectivity index (χ1v) is 6.26. The van der Waals surface area contributed by atoms with Gasteiger partial charge in [0.05, 0.1) is 0 Å². The van der Waals surface area contributed by atoms with Crippen LogP contribution in [0.25, 0.3) is 0 Å². The van der Waals surface area contributed by atoms with Crippen LogP contribution in [0.1, 0.15) is 30.7 Å². The molecule has 0 bridgehead atoms. The van der Waals surface area contributed by atoms with E-state index in [9.17, 15) is 4.39 Å². The molecule has 1 saturated carbocycles. The van der Waals surface area contributed by atoms with Gasteiger partial charge in [0.15, 0.2) is 0 Å². The van der Waals surface area contributed by atoms with Gasteiger partial charge >= 0.3 is 0 Å². The lowest BCUT2D eigenvalue weighted by Gasteiger charge is -2.25. The summed E-state index contributed by atoms with van der Waals surface area (Å²) in [6.07, 6.45) is 3.79. The van der Waals surface area contributed by atoms with Crippen molar-refractivity contribution in [2.75, 3.05) is 5.75 Å². The Morgan fingerprint density at radius 1 is 1.21 bits per heavy atom. The lowest BCUT2D eigenvalue weighted by Crippen LogP contribution is -2.11. The van der Waals surface area contributed by atoms with Crippen LogP contribution in [-0.4, -0.2) is 5.75 Å². The Labute approximate surface area is 87.9 Å². The highest BCUT2D eigenvalue weighted by Crippen LogP contribution is 2.50. The Bertz CT molecular complexity index is 357. The van der Waals surface area contributed by atoms with Gasteiger partial charge in [0.25, 0.3) is 0 Å².